The summed E-state index contributed by atoms with van der Waals surface area (Å²) < 4.78 is 10.8. The van der Waals surface area contributed by atoms with E-state index in [2.05, 4.69) is 15.6 Å². The number of nitrogens with one attached hydrogen (secondary N) is 3. The van der Waals surface area contributed by atoms with Gasteiger partial charge in [0.25, 0.3) is 5.56 Å². The first-order valence-corrected chi connectivity index (χ1v) is 10.4. The maximum Gasteiger partial charge on any atom is 0.256 e. The Bertz CT molecular complexity index is 1290. The number of rotatable bonds is 5. The number of hydrogen-bond acceptors (Lipinski definition) is 5. The Labute approximate surface area is 189 Å². The third-order valence-corrected chi connectivity index (χ3v) is 5.12. The van der Waals surface area contributed by atoms with Gasteiger partial charge in [-0.3, -0.25) is 14.9 Å². The first kappa shape index (κ1) is 21.3. The van der Waals surface area contributed by atoms with Gasteiger partial charge in [-0.1, -0.05) is 18.2 Å². The van der Waals surface area contributed by atoms with Crippen LogP contribution < -0.4 is 20.9 Å². The van der Waals surface area contributed by atoms with E-state index in [0.717, 1.165) is 17.3 Å². The zero-order chi connectivity index (χ0) is 22.5. The van der Waals surface area contributed by atoms with E-state index in [1.54, 1.807) is 30.5 Å². The van der Waals surface area contributed by atoms with Crippen molar-refractivity contribution in [1.82, 2.24) is 10.3 Å². The van der Waals surface area contributed by atoms with Crippen LogP contribution in [-0.4, -0.2) is 29.2 Å². The number of fused-ring (bicyclic) bond motifs is 1. The molecule has 1 atom stereocenters. The summed E-state index contributed by atoms with van der Waals surface area (Å²) in [5, 5.41) is 6.60. The number of ether oxygens (including phenoxy) is 2. The van der Waals surface area contributed by atoms with Gasteiger partial charge < -0.3 is 19.8 Å². The van der Waals surface area contributed by atoms with Gasteiger partial charge in [0.15, 0.2) is 5.11 Å². The summed E-state index contributed by atoms with van der Waals surface area (Å²) in [5.41, 5.74) is 2.31. The van der Waals surface area contributed by atoms with E-state index in [4.69, 9.17) is 21.7 Å². The molecule has 1 unspecified atom stereocenters. The monoisotopic (exact) mass is 447 g/mol. The van der Waals surface area contributed by atoms with Gasteiger partial charge in [-0.2, -0.15) is 0 Å². The van der Waals surface area contributed by atoms with E-state index in [9.17, 15) is 9.59 Å². The topological polar surface area (TPSA) is 92.4 Å². The number of carbonyl (C=O) groups excluding carboxylic acids is 1. The molecule has 0 bridgehead atoms. The van der Waals surface area contributed by atoms with Crippen LogP contribution in [0.25, 0.3) is 22.0 Å². The SMILES string of the molecule is COc1cc(NC(=S)NC(=O)/C=C/C2CC=CO2)ccc1-c1cc2ccccc2[nH]c1=O. The highest BCUT2D eigenvalue weighted by molar-refractivity contribution is 7.80. The summed E-state index contributed by atoms with van der Waals surface area (Å²) in [6.07, 6.45) is 7.18. The van der Waals surface area contributed by atoms with Crippen LogP contribution in [0, 0.1) is 0 Å². The highest BCUT2D eigenvalue weighted by Gasteiger charge is 2.13. The average molecular weight is 448 g/mol. The fourth-order valence-corrected chi connectivity index (χ4v) is 3.59. The Balaban J connectivity index is 1.49. The van der Waals surface area contributed by atoms with Crippen molar-refractivity contribution in [1.29, 1.82) is 0 Å². The number of hydrogen-bond donors (Lipinski definition) is 3. The Hall–Kier alpha value is -3.91. The lowest BCUT2D eigenvalue weighted by atomic mass is 10.0. The van der Waals surface area contributed by atoms with Gasteiger partial charge in [0.2, 0.25) is 5.91 Å². The Kier molecular flexibility index (Phi) is 6.32. The van der Waals surface area contributed by atoms with E-state index in [0.29, 0.717) is 22.6 Å². The maximum atomic E-state index is 12.6. The van der Waals surface area contributed by atoms with Crippen LogP contribution in [0.4, 0.5) is 5.69 Å². The molecule has 2 heterocycles. The van der Waals surface area contributed by atoms with E-state index in [-0.39, 0.29) is 22.7 Å². The fourth-order valence-electron chi connectivity index (χ4n) is 3.38. The molecule has 162 valence electrons. The smallest absolute Gasteiger partial charge is 0.256 e. The molecule has 4 rings (SSSR count). The van der Waals surface area contributed by atoms with Crippen molar-refractivity contribution >= 4 is 39.8 Å². The van der Waals surface area contributed by atoms with Crippen LogP contribution in [0.5, 0.6) is 5.75 Å². The van der Waals surface area contributed by atoms with Crippen molar-refractivity contribution in [3.63, 3.8) is 0 Å². The molecule has 3 aromatic rings. The number of benzene rings is 2. The zero-order valence-corrected chi connectivity index (χ0v) is 18.1. The van der Waals surface area contributed by atoms with Crippen LogP contribution in [0.3, 0.4) is 0 Å². The Morgan fingerprint density at radius 3 is 2.84 bits per heavy atom. The van der Waals surface area contributed by atoms with Gasteiger partial charge in [0.1, 0.15) is 11.9 Å². The molecule has 1 amide bonds. The molecule has 0 fully saturated rings. The fraction of sp³-hybridized carbons (Fsp3) is 0.125. The largest absolute Gasteiger partial charge is 0.496 e. The lowest BCUT2D eigenvalue weighted by Crippen LogP contribution is -2.33. The summed E-state index contributed by atoms with van der Waals surface area (Å²) in [7, 11) is 1.53. The molecule has 8 heteroatoms. The van der Waals surface area contributed by atoms with Crippen LogP contribution >= 0.6 is 12.2 Å². The average Bonchev–Trinajstić information content (AvgIpc) is 3.31. The first-order valence-electron chi connectivity index (χ1n) is 9.94. The number of methoxy groups -OCH3 is 1. The zero-order valence-electron chi connectivity index (χ0n) is 17.3. The van der Waals surface area contributed by atoms with Crippen molar-refractivity contribution < 1.29 is 14.3 Å². The summed E-state index contributed by atoms with van der Waals surface area (Å²) in [6, 6.07) is 14.7. The molecule has 0 spiro atoms. The predicted molar refractivity (Wildman–Crippen MR) is 129 cm³/mol. The van der Waals surface area contributed by atoms with Crippen LogP contribution in [0.1, 0.15) is 6.42 Å². The van der Waals surface area contributed by atoms with Crippen LogP contribution in [0.2, 0.25) is 0 Å². The van der Waals surface area contributed by atoms with Gasteiger partial charge in [-0.05, 0) is 54.0 Å². The second-order valence-electron chi connectivity index (χ2n) is 7.10. The predicted octanol–water partition coefficient (Wildman–Crippen LogP) is 3.88. The van der Waals surface area contributed by atoms with E-state index < -0.39 is 0 Å². The maximum absolute atomic E-state index is 12.6. The normalized spacial score (nSPS) is 15.0. The summed E-state index contributed by atoms with van der Waals surface area (Å²) in [4.78, 5) is 27.6. The molecule has 0 saturated heterocycles. The van der Waals surface area contributed by atoms with Gasteiger partial charge in [0, 0.05) is 35.3 Å². The summed E-state index contributed by atoms with van der Waals surface area (Å²) in [6.45, 7) is 0. The highest BCUT2D eigenvalue weighted by atomic mass is 32.1. The number of carbonyl (C=O) groups is 1. The third kappa shape index (κ3) is 4.87. The minimum atomic E-state index is -0.357. The molecule has 0 radical (unpaired) electrons. The second kappa shape index (κ2) is 9.49. The minimum Gasteiger partial charge on any atom is -0.496 e. The number of pyridine rings is 1. The van der Waals surface area contributed by atoms with Crippen LogP contribution in [0.15, 0.2) is 77.8 Å². The molecule has 1 aliphatic rings. The summed E-state index contributed by atoms with van der Waals surface area (Å²) in [5.74, 6) is 0.139. The molecule has 0 saturated carbocycles. The number of amides is 1. The second-order valence-corrected chi connectivity index (χ2v) is 7.51. The van der Waals surface area contributed by atoms with Gasteiger partial charge in [-0.15, -0.1) is 0 Å². The number of thiocarbonyl (C=S) groups is 1. The summed E-state index contributed by atoms with van der Waals surface area (Å²) >= 11 is 5.22. The molecular formula is C24H21N3O4S. The molecule has 32 heavy (non-hydrogen) atoms. The van der Waals surface area contributed by atoms with Crippen LogP contribution in [-0.2, 0) is 9.53 Å². The third-order valence-electron chi connectivity index (χ3n) is 4.92. The van der Waals surface area contributed by atoms with E-state index >= 15 is 0 Å². The Morgan fingerprint density at radius 2 is 2.06 bits per heavy atom. The standard InChI is InChI=1S/C24H21N3O4S/c1-30-21-14-16(25-24(32)27-22(28)11-9-17-6-4-12-31-17)8-10-18(21)19-13-15-5-2-3-7-20(15)26-23(19)29/h2-5,7-14,17H,6H2,1H3,(H,26,29)(H2,25,27,28,32)/b11-9+. The van der Waals surface area contributed by atoms with Crippen molar-refractivity contribution in [2.75, 3.05) is 12.4 Å². The molecule has 7 nitrogen and oxygen atoms in total. The number of H-pyrrole nitrogens is 1. The quantitative estimate of drug-likeness (QED) is 0.406. The molecule has 1 aromatic heterocycles. The number of aromatic nitrogens is 1. The number of para-hydroxylation sites is 1. The van der Waals surface area contributed by atoms with Crippen molar-refractivity contribution in [3.8, 4) is 16.9 Å². The highest BCUT2D eigenvalue weighted by Crippen LogP contribution is 2.31. The molecule has 0 aliphatic carbocycles. The first-order chi connectivity index (χ1) is 15.5. The Morgan fingerprint density at radius 1 is 1.22 bits per heavy atom. The molecular weight excluding hydrogens is 426 g/mol. The van der Waals surface area contributed by atoms with Gasteiger partial charge in [0.05, 0.1) is 18.9 Å². The van der Waals surface area contributed by atoms with E-state index in [1.165, 1.54) is 13.2 Å². The lowest BCUT2D eigenvalue weighted by Gasteiger charge is -2.13. The van der Waals surface area contributed by atoms with Gasteiger partial charge in [-0.25, -0.2) is 0 Å². The van der Waals surface area contributed by atoms with Crippen molar-refractivity contribution in [2.45, 2.75) is 12.5 Å². The van der Waals surface area contributed by atoms with E-state index in [1.807, 2.05) is 36.4 Å². The molecule has 2 aromatic carbocycles. The van der Waals surface area contributed by atoms with Crippen molar-refractivity contribution in [3.05, 3.63) is 83.4 Å². The lowest BCUT2D eigenvalue weighted by molar-refractivity contribution is -0.115. The number of aromatic amines is 1. The molecule has 1 aliphatic heterocycles. The molecule has 3 N–H and O–H groups in total. The number of anilines is 1. The van der Waals surface area contributed by atoms with Gasteiger partial charge >= 0.3 is 0 Å². The minimum absolute atomic E-state index is 0.127. The van der Waals surface area contributed by atoms with Crippen molar-refractivity contribution in [2.24, 2.45) is 0 Å².